The number of aliphatic hydroxyl groups excluding tert-OH is 1. The van der Waals surface area contributed by atoms with Gasteiger partial charge in [0.05, 0.1) is 12.5 Å². The van der Waals surface area contributed by atoms with Gasteiger partial charge in [-0.25, -0.2) is 0 Å². The van der Waals surface area contributed by atoms with Gasteiger partial charge in [0.2, 0.25) is 0 Å². The average Bonchev–Trinajstić information content (AvgIpc) is 2.45. The monoisotopic (exact) mass is 288 g/mol. The number of cyclic esters (lactones) is 1. The first-order valence-corrected chi connectivity index (χ1v) is 8.12. The van der Waals surface area contributed by atoms with Crippen LogP contribution in [0.3, 0.4) is 0 Å². The Morgan fingerprint density at radius 3 is 3.10 bits per heavy atom. The van der Waals surface area contributed by atoms with E-state index in [2.05, 4.69) is 31.6 Å². The fourth-order valence-electron chi connectivity index (χ4n) is 3.85. The SMILES string of the molecule is C[C@H]1C=CC2=CCC[C][C@@H]2[C@H]1CC[C@@H]1C[C@@H](O)CC(=O)O1. The zero-order valence-electron chi connectivity index (χ0n) is 12.6. The second kappa shape index (κ2) is 6.35. The summed E-state index contributed by atoms with van der Waals surface area (Å²) in [6.07, 6.45) is 14.6. The summed E-state index contributed by atoms with van der Waals surface area (Å²) in [6.45, 7) is 2.26. The summed E-state index contributed by atoms with van der Waals surface area (Å²) in [4.78, 5) is 11.4. The van der Waals surface area contributed by atoms with Gasteiger partial charge in [-0.3, -0.25) is 4.79 Å². The van der Waals surface area contributed by atoms with Crippen LogP contribution < -0.4 is 0 Å². The molecule has 1 fully saturated rings. The summed E-state index contributed by atoms with van der Waals surface area (Å²) in [5.41, 5.74) is 1.41. The number of carbonyl (C=O) groups is 1. The summed E-state index contributed by atoms with van der Waals surface area (Å²) < 4.78 is 5.37. The van der Waals surface area contributed by atoms with Crippen molar-refractivity contribution >= 4 is 5.97 Å². The molecule has 0 aromatic heterocycles. The highest BCUT2D eigenvalue weighted by molar-refractivity contribution is 5.70. The third-order valence-corrected chi connectivity index (χ3v) is 5.00. The van der Waals surface area contributed by atoms with Crippen LogP contribution in [0.1, 0.15) is 45.4 Å². The van der Waals surface area contributed by atoms with Gasteiger partial charge in [-0.15, -0.1) is 0 Å². The third kappa shape index (κ3) is 3.39. The Bertz CT molecular complexity index is 451. The molecule has 3 heteroatoms. The minimum absolute atomic E-state index is 0.115. The van der Waals surface area contributed by atoms with Gasteiger partial charge in [0.1, 0.15) is 6.10 Å². The zero-order valence-corrected chi connectivity index (χ0v) is 12.6. The summed E-state index contributed by atoms with van der Waals surface area (Å²) in [5, 5.41) is 9.69. The van der Waals surface area contributed by atoms with Gasteiger partial charge in [0.25, 0.3) is 0 Å². The maximum atomic E-state index is 11.4. The Kier molecular flexibility index (Phi) is 4.48. The number of ether oxygens (including phenoxy) is 1. The second-order valence-electron chi connectivity index (χ2n) is 6.59. The molecule has 2 radical (unpaired) electrons. The molecule has 21 heavy (non-hydrogen) atoms. The average molecular weight is 288 g/mol. The normalized spacial score (nSPS) is 39.4. The van der Waals surface area contributed by atoms with Crippen molar-refractivity contribution in [1.29, 1.82) is 0 Å². The Labute approximate surface area is 127 Å². The molecule has 1 N–H and O–H groups in total. The highest BCUT2D eigenvalue weighted by Crippen LogP contribution is 2.42. The van der Waals surface area contributed by atoms with Crippen LogP contribution in [-0.4, -0.2) is 23.3 Å². The summed E-state index contributed by atoms with van der Waals surface area (Å²) >= 11 is 0. The molecule has 3 aliphatic rings. The molecular weight excluding hydrogens is 264 g/mol. The van der Waals surface area contributed by atoms with Gasteiger partial charge in [-0.05, 0) is 55.4 Å². The lowest BCUT2D eigenvalue weighted by molar-refractivity contribution is -0.160. The maximum Gasteiger partial charge on any atom is 0.308 e. The predicted molar refractivity (Wildman–Crippen MR) is 80.2 cm³/mol. The smallest absolute Gasteiger partial charge is 0.308 e. The van der Waals surface area contributed by atoms with Crippen molar-refractivity contribution in [3.8, 4) is 0 Å². The number of carbonyl (C=O) groups excluding carboxylic acids is 1. The van der Waals surface area contributed by atoms with E-state index in [0.29, 0.717) is 24.2 Å². The van der Waals surface area contributed by atoms with E-state index in [1.165, 1.54) is 5.57 Å². The van der Waals surface area contributed by atoms with Crippen LogP contribution in [0.5, 0.6) is 0 Å². The molecule has 1 heterocycles. The first-order valence-electron chi connectivity index (χ1n) is 8.12. The minimum Gasteiger partial charge on any atom is -0.462 e. The van der Waals surface area contributed by atoms with Crippen molar-refractivity contribution in [1.82, 2.24) is 0 Å². The minimum atomic E-state index is -0.525. The van der Waals surface area contributed by atoms with Crippen LogP contribution in [0.2, 0.25) is 0 Å². The molecule has 3 nitrogen and oxygen atoms in total. The zero-order chi connectivity index (χ0) is 14.8. The van der Waals surface area contributed by atoms with Crippen LogP contribution in [-0.2, 0) is 9.53 Å². The van der Waals surface area contributed by atoms with E-state index >= 15 is 0 Å². The molecule has 0 amide bonds. The van der Waals surface area contributed by atoms with Crippen LogP contribution in [0, 0.1) is 24.2 Å². The lowest BCUT2D eigenvalue weighted by Crippen LogP contribution is -2.34. The van der Waals surface area contributed by atoms with E-state index in [9.17, 15) is 9.90 Å². The van der Waals surface area contributed by atoms with Gasteiger partial charge in [-0.2, -0.15) is 0 Å². The Morgan fingerprint density at radius 2 is 2.29 bits per heavy atom. The first-order chi connectivity index (χ1) is 10.1. The Morgan fingerprint density at radius 1 is 1.43 bits per heavy atom. The fourth-order valence-corrected chi connectivity index (χ4v) is 3.85. The number of aliphatic hydroxyl groups is 1. The number of rotatable bonds is 3. The molecule has 0 saturated carbocycles. The molecule has 2 aliphatic carbocycles. The second-order valence-corrected chi connectivity index (χ2v) is 6.59. The van der Waals surface area contributed by atoms with Gasteiger partial charge >= 0.3 is 5.97 Å². The molecule has 0 unspecified atom stereocenters. The Hall–Kier alpha value is -1.09. The molecule has 114 valence electrons. The molecule has 1 saturated heterocycles. The largest absolute Gasteiger partial charge is 0.462 e. The third-order valence-electron chi connectivity index (χ3n) is 5.00. The molecule has 0 aromatic rings. The maximum absolute atomic E-state index is 11.4. The summed E-state index contributed by atoms with van der Waals surface area (Å²) in [6, 6.07) is 0. The van der Waals surface area contributed by atoms with E-state index in [1.807, 2.05) is 0 Å². The number of fused-ring (bicyclic) bond motifs is 1. The van der Waals surface area contributed by atoms with Gasteiger partial charge in [-0.1, -0.05) is 25.2 Å². The van der Waals surface area contributed by atoms with Crippen molar-refractivity contribution in [2.75, 3.05) is 0 Å². The van der Waals surface area contributed by atoms with E-state index < -0.39 is 6.10 Å². The molecular formula is C18H24O3. The molecule has 1 aliphatic heterocycles. The van der Waals surface area contributed by atoms with Crippen molar-refractivity contribution in [3.05, 3.63) is 30.2 Å². The van der Waals surface area contributed by atoms with E-state index in [-0.39, 0.29) is 18.5 Å². The van der Waals surface area contributed by atoms with Crippen LogP contribution in [0.15, 0.2) is 23.8 Å². The molecule has 0 aromatic carbocycles. The molecule has 3 rings (SSSR count). The number of hydrogen-bond acceptors (Lipinski definition) is 3. The van der Waals surface area contributed by atoms with Crippen molar-refractivity contribution in [2.45, 2.75) is 57.7 Å². The first kappa shape index (κ1) is 14.8. The highest BCUT2D eigenvalue weighted by Gasteiger charge is 2.34. The molecule has 0 spiro atoms. The lowest BCUT2D eigenvalue weighted by atomic mass is 9.68. The molecule has 5 atom stereocenters. The van der Waals surface area contributed by atoms with Gasteiger partial charge < -0.3 is 9.84 Å². The summed E-state index contributed by atoms with van der Waals surface area (Å²) in [7, 11) is 0. The van der Waals surface area contributed by atoms with Crippen molar-refractivity contribution < 1.29 is 14.6 Å². The molecule has 0 bridgehead atoms. The van der Waals surface area contributed by atoms with Crippen LogP contribution in [0.25, 0.3) is 0 Å². The highest BCUT2D eigenvalue weighted by atomic mass is 16.5. The van der Waals surface area contributed by atoms with Gasteiger partial charge in [0.15, 0.2) is 0 Å². The van der Waals surface area contributed by atoms with E-state index in [1.54, 1.807) is 0 Å². The van der Waals surface area contributed by atoms with Crippen molar-refractivity contribution in [3.63, 3.8) is 0 Å². The number of allylic oxidation sites excluding steroid dienone is 4. The van der Waals surface area contributed by atoms with Crippen LogP contribution >= 0.6 is 0 Å². The van der Waals surface area contributed by atoms with E-state index in [4.69, 9.17) is 4.74 Å². The topological polar surface area (TPSA) is 46.5 Å². The Balaban J connectivity index is 1.61. The lowest BCUT2D eigenvalue weighted by Gasteiger charge is -2.37. The van der Waals surface area contributed by atoms with Crippen LogP contribution in [0.4, 0.5) is 0 Å². The fraction of sp³-hybridized carbons (Fsp3) is 0.667. The number of hydrogen-bond donors (Lipinski definition) is 1. The standard InChI is InChI=1S/C18H24O3/c1-12-6-7-13-4-2-3-5-17(13)16(12)9-8-15-10-14(19)11-18(20)21-15/h4,6-7,12,14-17,19H,2-3,8-11H2,1H3/t12-,14+,15+,16-,17-/m0/s1. The number of esters is 1. The quantitative estimate of drug-likeness (QED) is 0.812. The van der Waals surface area contributed by atoms with Crippen molar-refractivity contribution in [2.24, 2.45) is 17.8 Å². The predicted octanol–water partition coefficient (Wildman–Crippen LogP) is 3.07. The van der Waals surface area contributed by atoms with E-state index in [0.717, 1.165) is 25.7 Å². The van der Waals surface area contributed by atoms with Gasteiger partial charge in [0, 0.05) is 6.42 Å². The summed E-state index contributed by atoms with van der Waals surface area (Å²) in [5.74, 6) is 1.25.